The van der Waals surface area contributed by atoms with Crippen molar-refractivity contribution in [1.29, 1.82) is 0 Å². The van der Waals surface area contributed by atoms with Crippen LogP contribution in [0.15, 0.2) is 69.9 Å². The van der Waals surface area contributed by atoms with Crippen molar-refractivity contribution in [2.24, 2.45) is 0 Å². The van der Waals surface area contributed by atoms with Gasteiger partial charge in [-0.1, -0.05) is 30.3 Å². The zero-order chi connectivity index (χ0) is 20.9. The first-order valence-electron chi connectivity index (χ1n) is 9.85. The highest BCUT2D eigenvalue weighted by Crippen LogP contribution is 2.19. The molecular weight excluding hydrogens is 384 g/mol. The summed E-state index contributed by atoms with van der Waals surface area (Å²) in [7, 11) is 0. The number of amides is 2. The van der Waals surface area contributed by atoms with Crippen molar-refractivity contribution in [3.05, 3.63) is 76.6 Å². The molecule has 0 N–H and O–H groups in total. The lowest BCUT2D eigenvalue weighted by molar-refractivity contribution is -0.146. The van der Waals surface area contributed by atoms with Crippen LogP contribution in [0.25, 0.3) is 11.0 Å². The second-order valence-electron chi connectivity index (χ2n) is 7.17. The Morgan fingerprint density at radius 2 is 1.80 bits per heavy atom. The first-order chi connectivity index (χ1) is 14.6. The third-order valence-electron chi connectivity index (χ3n) is 5.14. The molecule has 0 atom stereocenters. The summed E-state index contributed by atoms with van der Waals surface area (Å²) in [5, 5.41) is 0.769. The molecule has 0 unspecified atom stereocenters. The Hall–Kier alpha value is -3.61. The molecule has 7 heteroatoms. The van der Waals surface area contributed by atoms with Gasteiger partial charge in [0.1, 0.15) is 11.3 Å². The van der Waals surface area contributed by atoms with Crippen molar-refractivity contribution in [3.8, 4) is 5.75 Å². The molecule has 0 radical (unpaired) electrons. The van der Waals surface area contributed by atoms with Gasteiger partial charge in [0.05, 0.1) is 6.54 Å². The van der Waals surface area contributed by atoms with Crippen LogP contribution in [0.2, 0.25) is 0 Å². The average molecular weight is 406 g/mol. The number of rotatable bonds is 6. The number of benzene rings is 2. The first kappa shape index (κ1) is 19.7. The van der Waals surface area contributed by atoms with Crippen molar-refractivity contribution in [3.63, 3.8) is 0 Å². The molecule has 1 aromatic heterocycles. The Kier molecular flexibility index (Phi) is 5.79. The molecule has 2 heterocycles. The molecule has 4 rings (SSSR count). The Morgan fingerprint density at radius 1 is 1.00 bits per heavy atom. The van der Waals surface area contributed by atoms with Gasteiger partial charge >= 0.3 is 5.63 Å². The van der Waals surface area contributed by atoms with Crippen LogP contribution in [-0.2, 0) is 16.0 Å². The standard InChI is InChI=1S/C23H22N2O5/c26-21-15-25(13-12-24(21)11-10-17-4-2-1-3-5-17)22(27)16-29-19-8-6-18-7-9-23(28)30-20(18)14-19/h1-9,14H,10-13,15-16H2. The highest BCUT2D eigenvalue weighted by Gasteiger charge is 2.27. The number of fused-ring (bicyclic) bond motifs is 1. The van der Waals surface area contributed by atoms with E-state index in [9.17, 15) is 14.4 Å². The molecule has 2 aromatic carbocycles. The van der Waals surface area contributed by atoms with Crippen LogP contribution in [0.4, 0.5) is 0 Å². The van der Waals surface area contributed by atoms with Crippen molar-refractivity contribution in [2.45, 2.75) is 6.42 Å². The first-order valence-corrected chi connectivity index (χ1v) is 9.85. The van der Waals surface area contributed by atoms with E-state index in [4.69, 9.17) is 9.15 Å². The molecule has 0 aliphatic carbocycles. The summed E-state index contributed by atoms with van der Waals surface area (Å²) in [6.07, 6.45) is 0.793. The van der Waals surface area contributed by atoms with E-state index in [-0.39, 0.29) is 25.0 Å². The van der Waals surface area contributed by atoms with E-state index in [1.165, 1.54) is 16.5 Å². The van der Waals surface area contributed by atoms with E-state index < -0.39 is 5.63 Å². The molecule has 0 spiro atoms. The number of piperazine rings is 1. The Morgan fingerprint density at radius 3 is 2.60 bits per heavy atom. The third kappa shape index (κ3) is 4.68. The molecule has 1 saturated heterocycles. The maximum atomic E-state index is 12.5. The van der Waals surface area contributed by atoms with Crippen LogP contribution < -0.4 is 10.4 Å². The van der Waals surface area contributed by atoms with E-state index >= 15 is 0 Å². The topological polar surface area (TPSA) is 80.1 Å². The van der Waals surface area contributed by atoms with Crippen LogP contribution in [0, 0.1) is 0 Å². The van der Waals surface area contributed by atoms with Gasteiger partial charge in [0.25, 0.3) is 5.91 Å². The molecule has 1 aliphatic rings. The predicted octanol–water partition coefficient (Wildman–Crippen LogP) is 2.09. The fourth-order valence-corrected chi connectivity index (χ4v) is 3.43. The van der Waals surface area contributed by atoms with E-state index in [0.717, 1.165) is 11.8 Å². The summed E-state index contributed by atoms with van der Waals surface area (Å²) >= 11 is 0. The van der Waals surface area contributed by atoms with Crippen LogP contribution in [0.5, 0.6) is 5.75 Å². The van der Waals surface area contributed by atoms with Gasteiger partial charge < -0.3 is 19.0 Å². The fourth-order valence-electron chi connectivity index (χ4n) is 3.43. The van der Waals surface area contributed by atoms with Gasteiger partial charge in [0.2, 0.25) is 5.91 Å². The van der Waals surface area contributed by atoms with Crippen molar-refractivity contribution in [1.82, 2.24) is 9.80 Å². The maximum Gasteiger partial charge on any atom is 0.336 e. The zero-order valence-corrected chi connectivity index (χ0v) is 16.5. The summed E-state index contributed by atoms with van der Waals surface area (Å²) in [5.41, 5.74) is 1.14. The van der Waals surface area contributed by atoms with E-state index in [1.54, 1.807) is 29.2 Å². The molecule has 7 nitrogen and oxygen atoms in total. The molecular formula is C23H22N2O5. The number of carbonyl (C=O) groups is 2. The SMILES string of the molecule is O=C1CN(C(=O)COc2ccc3ccc(=O)oc3c2)CCN1CCc1ccccc1. The minimum absolute atomic E-state index is 0.0574. The minimum Gasteiger partial charge on any atom is -0.484 e. The maximum absolute atomic E-state index is 12.5. The van der Waals surface area contributed by atoms with Crippen molar-refractivity contribution in [2.75, 3.05) is 32.8 Å². The highest BCUT2D eigenvalue weighted by molar-refractivity contribution is 5.86. The minimum atomic E-state index is -0.445. The highest BCUT2D eigenvalue weighted by atomic mass is 16.5. The van der Waals surface area contributed by atoms with Gasteiger partial charge in [0, 0.05) is 37.2 Å². The molecule has 2 amide bonds. The molecule has 154 valence electrons. The number of ether oxygens (including phenoxy) is 1. The van der Waals surface area contributed by atoms with Gasteiger partial charge in [-0.05, 0) is 30.2 Å². The van der Waals surface area contributed by atoms with Crippen LogP contribution in [0.3, 0.4) is 0 Å². The van der Waals surface area contributed by atoms with Gasteiger partial charge in [-0.3, -0.25) is 9.59 Å². The largest absolute Gasteiger partial charge is 0.484 e. The number of hydrogen-bond acceptors (Lipinski definition) is 5. The molecule has 1 aliphatic heterocycles. The monoisotopic (exact) mass is 406 g/mol. The zero-order valence-electron chi connectivity index (χ0n) is 16.5. The van der Waals surface area contributed by atoms with E-state index in [1.807, 2.05) is 30.3 Å². The van der Waals surface area contributed by atoms with E-state index in [0.29, 0.717) is 31.0 Å². The van der Waals surface area contributed by atoms with Gasteiger partial charge in [-0.15, -0.1) is 0 Å². The smallest absolute Gasteiger partial charge is 0.336 e. The molecule has 1 fully saturated rings. The van der Waals surface area contributed by atoms with Gasteiger partial charge in [-0.25, -0.2) is 4.79 Å². The fraction of sp³-hybridized carbons (Fsp3) is 0.261. The number of hydrogen-bond donors (Lipinski definition) is 0. The Balaban J connectivity index is 1.28. The Labute approximate surface area is 173 Å². The van der Waals surface area contributed by atoms with Crippen molar-refractivity contribution >= 4 is 22.8 Å². The summed E-state index contributed by atoms with van der Waals surface area (Å²) in [6.45, 7) is 1.51. The number of carbonyl (C=O) groups excluding carboxylic acids is 2. The quantitative estimate of drug-likeness (QED) is 0.586. The summed E-state index contributed by atoms with van der Waals surface area (Å²) < 4.78 is 10.7. The predicted molar refractivity (Wildman–Crippen MR) is 111 cm³/mol. The second kappa shape index (κ2) is 8.82. The third-order valence-corrected chi connectivity index (χ3v) is 5.14. The summed E-state index contributed by atoms with van der Waals surface area (Å²) in [4.78, 5) is 39.6. The van der Waals surface area contributed by atoms with E-state index in [2.05, 4.69) is 0 Å². The number of nitrogens with zero attached hydrogens (tertiary/aromatic N) is 2. The Bertz CT molecular complexity index is 1110. The molecule has 0 bridgehead atoms. The lowest BCUT2D eigenvalue weighted by Crippen LogP contribution is -2.53. The molecule has 3 aromatic rings. The van der Waals surface area contributed by atoms with Gasteiger partial charge in [-0.2, -0.15) is 0 Å². The second-order valence-corrected chi connectivity index (χ2v) is 7.17. The lowest BCUT2D eigenvalue weighted by atomic mass is 10.1. The van der Waals surface area contributed by atoms with Gasteiger partial charge in [0.15, 0.2) is 6.61 Å². The summed E-state index contributed by atoms with van der Waals surface area (Å²) in [5.74, 6) is 0.122. The van der Waals surface area contributed by atoms with Crippen LogP contribution in [-0.4, -0.2) is 54.4 Å². The molecule has 30 heavy (non-hydrogen) atoms. The van der Waals surface area contributed by atoms with Crippen molar-refractivity contribution < 1.29 is 18.7 Å². The lowest BCUT2D eigenvalue weighted by Gasteiger charge is -2.34. The van der Waals surface area contributed by atoms with Crippen LogP contribution in [0.1, 0.15) is 5.56 Å². The molecule has 0 saturated carbocycles. The van der Waals surface area contributed by atoms with Crippen LogP contribution >= 0.6 is 0 Å². The average Bonchev–Trinajstić information content (AvgIpc) is 2.77. The normalized spacial score (nSPS) is 14.2. The summed E-state index contributed by atoms with van der Waals surface area (Å²) in [6, 6.07) is 18.1.